The Kier molecular flexibility index (Phi) is 4.17. The second-order valence-corrected chi connectivity index (χ2v) is 2.83. The summed E-state index contributed by atoms with van der Waals surface area (Å²) in [4.78, 5) is 10.6. The van der Waals surface area contributed by atoms with E-state index in [4.69, 9.17) is 5.26 Å². The van der Waals surface area contributed by atoms with E-state index < -0.39 is 5.03 Å². The van der Waals surface area contributed by atoms with Gasteiger partial charge in [0.2, 0.25) is 0 Å². The van der Waals surface area contributed by atoms with Crippen molar-refractivity contribution in [1.29, 1.82) is 5.26 Å². The highest BCUT2D eigenvalue weighted by molar-refractivity contribution is 5.35. The van der Waals surface area contributed by atoms with Gasteiger partial charge in [-0.25, -0.2) is 10.1 Å². The Bertz CT molecular complexity index is 231. The van der Waals surface area contributed by atoms with Gasteiger partial charge in [-0.15, -0.1) is 5.01 Å². The van der Waals surface area contributed by atoms with Crippen molar-refractivity contribution in [2.75, 3.05) is 13.1 Å². The van der Waals surface area contributed by atoms with Gasteiger partial charge in [-0.1, -0.05) is 0 Å². The molecule has 0 saturated heterocycles. The highest BCUT2D eigenvalue weighted by Crippen LogP contribution is 2.23. The number of nitro groups is 1. The van der Waals surface area contributed by atoms with Crippen LogP contribution in [0, 0.1) is 53.0 Å². The van der Waals surface area contributed by atoms with Crippen molar-refractivity contribution in [1.82, 2.24) is 5.01 Å². The monoisotopic (exact) mass is 192 g/mol. The van der Waals surface area contributed by atoms with Crippen LogP contribution in [0.1, 0.15) is 6.42 Å². The fourth-order valence-corrected chi connectivity index (χ4v) is 1.13. The van der Waals surface area contributed by atoms with Crippen molar-refractivity contribution in [3.05, 3.63) is 41.7 Å². The van der Waals surface area contributed by atoms with Gasteiger partial charge in [0.05, 0.1) is 25.6 Å². The van der Waals surface area contributed by atoms with Gasteiger partial charge in [0.15, 0.2) is 5.03 Å². The first kappa shape index (κ1) is 10.8. The first-order valence-corrected chi connectivity index (χ1v) is 4.21. The first-order chi connectivity index (χ1) is 6.74. The van der Waals surface area contributed by atoms with Crippen LogP contribution < -0.4 is 0 Å². The van der Waals surface area contributed by atoms with E-state index in [1.54, 1.807) is 0 Å². The lowest BCUT2D eigenvalue weighted by atomic mass is 10.1. The normalized spacial score (nSPS) is 16.5. The molecular weight excluding hydrogens is 182 g/mol. The molecule has 0 heterocycles. The third-order valence-electron chi connectivity index (χ3n) is 1.81. The fourth-order valence-electron chi connectivity index (χ4n) is 1.13. The Labute approximate surface area is 83.4 Å². The lowest BCUT2D eigenvalue weighted by Crippen LogP contribution is -2.34. The molecule has 0 aromatic carbocycles. The predicted molar refractivity (Wildman–Crippen MR) is 49.2 cm³/mol. The van der Waals surface area contributed by atoms with E-state index in [0.29, 0.717) is 0 Å². The van der Waals surface area contributed by atoms with E-state index in [2.05, 4.69) is 0 Å². The standard InChI is InChI=1S/C9H10N3O2/c10-6-3-7-11(12(13)14)8-9-4-1-2-5-9/h1-2,4-5H,3,7-8H2. The van der Waals surface area contributed by atoms with Crippen LogP contribution in [0.25, 0.3) is 0 Å². The summed E-state index contributed by atoms with van der Waals surface area (Å²) in [5.41, 5.74) is 0. The molecule has 1 saturated carbocycles. The minimum absolute atomic E-state index is 0.161. The zero-order chi connectivity index (χ0) is 10.4. The van der Waals surface area contributed by atoms with Gasteiger partial charge in [-0.3, -0.25) is 0 Å². The molecule has 1 aliphatic carbocycles. The van der Waals surface area contributed by atoms with E-state index in [-0.39, 0.29) is 19.5 Å². The summed E-state index contributed by atoms with van der Waals surface area (Å²) < 4.78 is 0. The zero-order valence-corrected chi connectivity index (χ0v) is 7.59. The molecule has 1 fully saturated rings. The van der Waals surface area contributed by atoms with Crippen LogP contribution >= 0.6 is 0 Å². The number of hydrazine groups is 1. The lowest BCUT2D eigenvalue weighted by molar-refractivity contribution is -0.654. The van der Waals surface area contributed by atoms with Gasteiger partial charge in [-0.05, 0) is 25.7 Å². The van der Waals surface area contributed by atoms with Crippen LogP contribution in [0.2, 0.25) is 0 Å². The molecule has 14 heavy (non-hydrogen) atoms. The minimum Gasteiger partial charge on any atom is -0.235 e. The maximum atomic E-state index is 10.6. The summed E-state index contributed by atoms with van der Waals surface area (Å²) in [6.45, 7) is 0.413. The van der Waals surface area contributed by atoms with Crippen molar-refractivity contribution in [2.24, 2.45) is 0 Å². The molecule has 1 aliphatic rings. The highest BCUT2D eigenvalue weighted by Gasteiger charge is 2.24. The van der Waals surface area contributed by atoms with Gasteiger partial charge in [-0.2, -0.15) is 5.26 Å². The van der Waals surface area contributed by atoms with Crippen molar-refractivity contribution >= 4 is 0 Å². The third kappa shape index (κ3) is 3.21. The van der Waals surface area contributed by atoms with Crippen molar-refractivity contribution in [2.45, 2.75) is 6.42 Å². The SMILES string of the molecule is N#CCCN(C[C]1[CH][CH][CH][CH]1)[N+](=O)[O-]. The second-order valence-electron chi connectivity index (χ2n) is 2.83. The average Bonchev–Trinajstić information content (AvgIpc) is 2.64. The third-order valence-corrected chi connectivity index (χ3v) is 1.81. The summed E-state index contributed by atoms with van der Waals surface area (Å²) in [5.74, 6) is 0.889. The van der Waals surface area contributed by atoms with Gasteiger partial charge < -0.3 is 0 Å². The van der Waals surface area contributed by atoms with Crippen LogP contribution in [0.5, 0.6) is 0 Å². The van der Waals surface area contributed by atoms with Gasteiger partial charge >= 0.3 is 0 Å². The van der Waals surface area contributed by atoms with Crippen LogP contribution in [-0.2, 0) is 0 Å². The summed E-state index contributed by atoms with van der Waals surface area (Å²) in [5, 5.41) is 19.4. The summed E-state index contributed by atoms with van der Waals surface area (Å²) in [6.07, 6.45) is 7.48. The first-order valence-electron chi connectivity index (χ1n) is 4.21. The molecule has 0 N–H and O–H groups in total. The number of nitrogens with zero attached hydrogens (tertiary/aromatic N) is 3. The Balaban J connectivity index is 2.34. The van der Waals surface area contributed by atoms with E-state index in [0.717, 1.165) is 10.9 Å². The molecule has 0 aliphatic heterocycles. The smallest absolute Gasteiger partial charge is 0.160 e. The molecular formula is C9H10N3O2. The van der Waals surface area contributed by atoms with E-state index in [1.807, 2.05) is 31.8 Å². The van der Waals surface area contributed by atoms with Crippen molar-refractivity contribution in [3.8, 4) is 6.07 Å². The Morgan fingerprint density at radius 3 is 2.64 bits per heavy atom. The maximum absolute atomic E-state index is 10.6. The Morgan fingerprint density at radius 1 is 1.50 bits per heavy atom. The van der Waals surface area contributed by atoms with E-state index in [1.165, 1.54) is 0 Å². The van der Waals surface area contributed by atoms with Gasteiger partial charge in [0.1, 0.15) is 0 Å². The molecule has 1 rings (SSSR count). The number of hydrogen-bond acceptors (Lipinski definition) is 3. The lowest BCUT2D eigenvalue weighted by Gasteiger charge is -2.15. The van der Waals surface area contributed by atoms with Crippen molar-refractivity contribution in [3.63, 3.8) is 0 Å². The highest BCUT2D eigenvalue weighted by atomic mass is 16.7. The maximum Gasteiger partial charge on any atom is 0.160 e. The largest absolute Gasteiger partial charge is 0.235 e. The fraction of sp³-hybridized carbons (Fsp3) is 0.333. The van der Waals surface area contributed by atoms with Gasteiger partial charge in [0.25, 0.3) is 0 Å². The van der Waals surface area contributed by atoms with Gasteiger partial charge in [0, 0.05) is 5.92 Å². The molecule has 0 unspecified atom stereocenters. The molecule has 0 aromatic rings. The number of hydrogen-bond donors (Lipinski definition) is 0. The molecule has 0 bridgehead atoms. The summed E-state index contributed by atoms with van der Waals surface area (Å²) >= 11 is 0. The molecule has 73 valence electrons. The zero-order valence-electron chi connectivity index (χ0n) is 7.59. The average molecular weight is 192 g/mol. The quantitative estimate of drug-likeness (QED) is 0.477. The molecule has 5 nitrogen and oxygen atoms in total. The number of rotatable bonds is 5. The Hall–Kier alpha value is -1.31. The predicted octanol–water partition coefficient (Wildman–Crippen LogP) is 0.799. The topological polar surface area (TPSA) is 70.2 Å². The summed E-state index contributed by atoms with van der Waals surface area (Å²) in [7, 11) is 0. The summed E-state index contributed by atoms with van der Waals surface area (Å²) in [6, 6.07) is 1.89. The van der Waals surface area contributed by atoms with Crippen LogP contribution in [-0.4, -0.2) is 23.1 Å². The molecule has 0 spiro atoms. The van der Waals surface area contributed by atoms with Crippen molar-refractivity contribution < 1.29 is 5.03 Å². The minimum atomic E-state index is -0.468. The second kappa shape index (κ2) is 5.43. The molecule has 0 amide bonds. The van der Waals surface area contributed by atoms with Crippen LogP contribution in [0.15, 0.2) is 0 Å². The van der Waals surface area contributed by atoms with Crippen LogP contribution in [0.4, 0.5) is 0 Å². The van der Waals surface area contributed by atoms with E-state index in [9.17, 15) is 10.1 Å². The molecule has 0 atom stereocenters. The molecule has 5 radical (unpaired) electrons. The molecule has 5 heteroatoms. The van der Waals surface area contributed by atoms with Crippen LogP contribution in [0.3, 0.4) is 0 Å². The molecule has 0 aromatic heterocycles. The Morgan fingerprint density at radius 2 is 2.14 bits per heavy atom. The number of nitriles is 1. The van der Waals surface area contributed by atoms with E-state index >= 15 is 0 Å².